The first-order valence-corrected chi connectivity index (χ1v) is 6.23. The van der Waals surface area contributed by atoms with Gasteiger partial charge in [0.25, 0.3) is 0 Å². The Morgan fingerprint density at radius 1 is 1.53 bits per heavy atom. The van der Waals surface area contributed by atoms with Crippen LogP contribution in [0.4, 0.5) is 0 Å². The lowest BCUT2D eigenvalue weighted by Crippen LogP contribution is -2.30. The highest BCUT2D eigenvalue weighted by molar-refractivity contribution is 7.12. The van der Waals surface area contributed by atoms with Gasteiger partial charge >= 0.3 is 0 Å². The minimum Gasteiger partial charge on any atom is -0.383 e. The van der Waals surface area contributed by atoms with Crippen molar-refractivity contribution in [1.82, 2.24) is 5.43 Å². The van der Waals surface area contributed by atoms with Crippen LogP contribution in [0.3, 0.4) is 0 Å². The fourth-order valence-corrected chi connectivity index (χ4v) is 3.37. The smallest absolute Gasteiger partial charge is 0.0786 e. The number of hydrazine groups is 1. The Bertz CT molecular complexity index is 301. The number of fused-ring (bicyclic) bond motifs is 1. The summed E-state index contributed by atoms with van der Waals surface area (Å²) >= 11 is 1.89. The van der Waals surface area contributed by atoms with Gasteiger partial charge in [0.05, 0.1) is 12.6 Å². The third-order valence-corrected chi connectivity index (χ3v) is 4.24. The summed E-state index contributed by atoms with van der Waals surface area (Å²) in [5.74, 6) is 5.53. The SMILES string of the molecule is COCC(NN)c1cc2c(s1)CCCC2. The van der Waals surface area contributed by atoms with E-state index in [0.29, 0.717) is 6.61 Å². The van der Waals surface area contributed by atoms with Crippen LogP contribution in [0, 0.1) is 0 Å². The van der Waals surface area contributed by atoms with Gasteiger partial charge in [-0.1, -0.05) is 0 Å². The van der Waals surface area contributed by atoms with Crippen LogP contribution in [-0.4, -0.2) is 13.7 Å². The number of hydrogen-bond donors (Lipinski definition) is 2. The van der Waals surface area contributed by atoms with Gasteiger partial charge < -0.3 is 4.74 Å². The van der Waals surface area contributed by atoms with Gasteiger partial charge in [0.15, 0.2) is 0 Å². The zero-order valence-electron chi connectivity index (χ0n) is 9.08. The van der Waals surface area contributed by atoms with Crippen LogP contribution in [0.15, 0.2) is 6.07 Å². The number of methoxy groups -OCH3 is 1. The van der Waals surface area contributed by atoms with Gasteiger partial charge in [-0.25, -0.2) is 5.43 Å². The molecule has 2 rings (SSSR count). The van der Waals surface area contributed by atoms with E-state index in [1.165, 1.54) is 36.1 Å². The molecule has 84 valence electrons. The Balaban J connectivity index is 2.16. The molecule has 1 atom stereocenters. The molecule has 0 aliphatic heterocycles. The van der Waals surface area contributed by atoms with Crippen molar-refractivity contribution < 1.29 is 4.74 Å². The molecule has 0 saturated carbocycles. The zero-order valence-corrected chi connectivity index (χ0v) is 9.90. The Kier molecular flexibility index (Phi) is 3.75. The molecule has 1 aliphatic rings. The molecule has 4 heteroatoms. The average molecular weight is 226 g/mol. The first kappa shape index (κ1) is 11.1. The molecule has 0 fully saturated rings. The predicted molar refractivity (Wildman–Crippen MR) is 62.9 cm³/mol. The Labute approximate surface area is 94.6 Å². The molecule has 1 heterocycles. The van der Waals surface area contributed by atoms with Gasteiger partial charge in [-0.15, -0.1) is 11.3 Å². The summed E-state index contributed by atoms with van der Waals surface area (Å²) in [5.41, 5.74) is 4.34. The zero-order chi connectivity index (χ0) is 10.7. The molecule has 1 aromatic heterocycles. The van der Waals surface area contributed by atoms with Crippen LogP contribution in [0.25, 0.3) is 0 Å². The van der Waals surface area contributed by atoms with E-state index in [9.17, 15) is 0 Å². The second-order valence-electron chi connectivity index (χ2n) is 3.98. The number of nitrogens with two attached hydrogens (primary N) is 1. The molecule has 0 saturated heterocycles. The lowest BCUT2D eigenvalue weighted by Gasteiger charge is -2.12. The highest BCUT2D eigenvalue weighted by atomic mass is 32.1. The second kappa shape index (κ2) is 5.07. The van der Waals surface area contributed by atoms with Crippen molar-refractivity contribution in [3.63, 3.8) is 0 Å². The standard InChI is InChI=1S/C11H18N2OS/c1-14-7-9(13-12)11-6-8-4-2-3-5-10(8)15-11/h6,9,13H,2-5,7,12H2,1H3. The summed E-state index contributed by atoms with van der Waals surface area (Å²) in [7, 11) is 1.71. The fraction of sp³-hybridized carbons (Fsp3) is 0.636. The second-order valence-corrected chi connectivity index (χ2v) is 5.15. The van der Waals surface area contributed by atoms with E-state index in [4.69, 9.17) is 10.6 Å². The molecule has 0 bridgehead atoms. The number of nitrogens with one attached hydrogen (secondary N) is 1. The van der Waals surface area contributed by atoms with Crippen LogP contribution in [0.2, 0.25) is 0 Å². The van der Waals surface area contributed by atoms with E-state index in [-0.39, 0.29) is 6.04 Å². The van der Waals surface area contributed by atoms with E-state index in [1.807, 2.05) is 11.3 Å². The molecule has 0 amide bonds. The minimum atomic E-state index is 0.144. The van der Waals surface area contributed by atoms with Crippen LogP contribution in [0.5, 0.6) is 0 Å². The maximum atomic E-state index is 5.53. The first-order valence-electron chi connectivity index (χ1n) is 5.41. The molecule has 1 unspecified atom stereocenters. The van der Waals surface area contributed by atoms with Crippen LogP contribution < -0.4 is 11.3 Å². The molecule has 0 spiro atoms. The molecule has 3 N–H and O–H groups in total. The number of thiophene rings is 1. The summed E-state index contributed by atoms with van der Waals surface area (Å²) in [6.07, 6.45) is 5.13. The molecule has 15 heavy (non-hydrogen) atoms. The van der Waals surface area contributed by atoms with Crippen LogP contribution in [0.1, 0.15) is 34.2 Å². The van der Waals surface area contributed by atoms with Crippen LogP contribution >= 0.6 is 11.3 Å². The van der Waals surface area contributed by atoms with Gasteiger partial charge in [-0.3, -0.25) is 5.84 Å². The third-order valence-electron chi connectivity index (χ3n) is 2.89. The average Bonchev–Trinajstić information content (AvgIpc) is 2.69. The van der Waals surface area contributed by atoms with E-state index in [0.717, 1.165) is 0 Å². The van der Waals surface area contributed by atoms with Gasteiger partial charge in [0.1, 0.15) is 0 Å². The van der Waals surface area contributed by atoms with Crippen molar-refractivity contribution in [2.24, 2.45) is 5.84 Å². The summed E-state index contributed by atoms with van der Waals surface area (Å²) in [5, 5.41) is 0. The lowest BCUT2D eigenvalue weighted by molar-refractivity contribution is 0.168. The number of hydrogen-bond acceptors (Lipinski definition) is 4. The molecule has 3 nitrogen and oxygen atoms in total. The summed E-state index contributed by atoms with van der Waals surface area (Å²) < 4.78 is 5.15. The summed E-state index contributed by atoms with van der Waals surface area (Å²) in [6.45, 7) is 0.635. The van der Waals surface area contributed by atoms with Crippen LogP contribution in [-0.2, 0) is 17.6 Å². The molecular weight excluding hydrogens is 208 g/mol. The monoisotopic (exact) mass is 226 g/mol. The molecule has 0 radical (unpaired) electrons. The highest BCUT2D eigenvalue weighted by Crippen LogP contribution is 2.32. The Morgan fingerprint density at radius 3 is 3.00 bits per heavy atom. The van der Waals surface area contributed by atoms with E-state index >= 15 is 0 Å². The lowest BCUT2D eigenvalue weighted by atomic mass is 9.99. The number of aryl methyl sites for hydroxylation is 2. The fourth-order valence-electron chi connectivity index (χ4n) is 2.06. The first-order chi connectivity index (χ1) is 7.35. The Morgan fingerprint density at radius 2 is 2.33 bits per heavy atom. The number of rotatable bonds is 4. The van der Waals surface area contributed by atoms with E-state index < -0.39 is 0 Å². The van der Waals surface area contributed by atoms with Crippen molar-refractivity contribution >= 4 is 11.3 Å². The maximum Gasteiger partial charge on any atom is 0.0786 e. The molecule has 1 aliphatic carbocycles. The summed E-state index contributed by atoms with van der Waals surface area (Å²) in [4.78, 5) is 2.86. The van der Waals surface area contributed by atoms with Gasteiger partial charge in [0, 0.05) is 16.9 Å². The molecular formula is C11H18N2OS. The largest absolute Gasteiger partial charge is 0.383 e. The highest BCUT2D eigenvalue weighted by Gasteiger charge is 2.18. The number of ether oxygens (including phenoxy) is 1. The summed E-state index contributed by atoms with van der Waals surface area (Å²) in [6, 6.07) is 2.44. The minimum absolute atomic E-state index is 0.144. The maximum absolute atomic E-state index is 5.53. The van der Waals surface area contributed by atoms with Crippen molar-refractivity contribution in [3.8, 4) is 0 Å². The molecule has 1 aromatic rings. The topological polar surface area (TPSA) is 47.3 Å². The van der Waals surface area contributed by atoms with Crippen molar-refractivity contribution in [1.29, 1.82) is 0 Å². The van der Waals surface area contributed by atoms with Crippen molar-refractivity contribution in [3.05, 3.63) is 21.4 Å². The predicted octanol–water partition coefficient (Wildman–Crippen LogP) is 1.78. The van der Waals surface area contributed by atoms with Gasteiger partial charge in [-0.2, -0.15) is 0 Å². The Hall–Kier alpha value is -0.420. The van der Waals surface area contributed by atoms with Gasteiger partial charge in [0.2, 0.25) is 0 Å². The molecule has 0 aromatic carbocycles. The van der Waals surface area contributed by atoms with E-state index in [2.05, 4.69) is 11.5 Å². The normalized spacial score (nSPS) is 17.5. The van der Waals surface area contributed by atoms with Crippen molar-refractivity contribution in [2.45, 2.75) is 31.7 Å². The quantitative estimate of drug-likeness (QED) is 0.607. The van der Waals surface area contributed by atoms with E-state index in [1.54, 1.807) is 12.0 Å². The van der Waals surface area contributed by atoms with Gasteiger partial charge in [-0.05, 0) is 37.3 Å². The third kappa shape index (κ3) is 2.39. The van der Waals surface area contributed by atoms with Crippen molar-refractivity contribution in [2.75, 3.05) is 13.7 Å².